The number of carbonyl (C=O) groups excluding carboxylic acids is 1. The van der Waals surface area contributed by atoms with Gasteiger partial charge in [-0.25, -0.2) is 4.79 Å². The van der Waals surface area contributed by atoms with Gasteiger partial charge in [0.1, 0.15) is 0 Å². The van der Waals surface area contributed by atoms with E-state index in [1.54, 1.807) is 0 Å². The number of hydrogen-bond donors (Lipinski definition) is 1. The Morgan fingerprint density at radius 1 is 0.971 bits per heavy atom. The van der Waals surface area contributed by atoms with Crippen molar-refractivity contribution in [2.75, 3.05) is 13.2 Å². The van der Waals surface area contributed by atoms with Gasteiger partial charge in [0.25, 0.3) is 0 Å². The summed E-state index contributed by atoms with van der Waals surface area (Å²) in [5.41, 5.74) is 1.21. The lowest BCUT2D eigenvalue weighted by Crippen LogP contribution is -2.54. The number of carbonyl (C=O) groups is 1. The van der Waals surface area contributed by atoms with Gasteiger partial charge in [0, 0.05) is 0 Å². The Morgan fingerprint density at radius 3 is 2.40 bits per heavy atom. The van der Waals surface area contributed by atoms with Crippen LogP contribution in [0, 0.1) is 58.2 Å². The molecule has 200 valence electrons. The largest absolute Gasteiger partial charge is 0.462 e. The summed E-state index contributed by atoms with van der Waals surface area (Å²) in [5, 5.41) is 9.13. The quantitative estimate of drug-likeness (QED) is 0.267. The van der Waals surface area contributed by atoms with Crippen molar-refractivity contribution in [2.45, 2.75) is 112 Å². The molecule has 4 fully saturated rings. The molecule has 9 atom stereocenters. The van der Waals surface area contributed by atoms with E-state index in [9.17, 15) is 4.79 Å². The summed E-state index contributed by atoms with van der Waals surface area (Å²) in [6.07, 6.45) is 16.5. The Morgan fingerprint density at radius 2 is 1.69 bits per heavy atom. The van der Waals surface area contributed by atoms with Gasteiger partial charge in [-0.1, -0.05) is 60.5 Å². The van der Waals surface area contributed by atoms with Crippen LogP contribution in [0.3, 0.4) is 0 Å². The molecule has 4 rings (SSSR count). The van der Waals surface area contributed by atoms with Crippen LogP contribution < -0.4 is 0 Å². The van der Waals surface area contributed by atoms with Crippen LogP contribution >= 0.6 is 0 Å². The summed E-state index contributed by atoms with van der Waals surface area (Å²) in [7, 11) is 0. The Labute approximate surface area is 215 Å². The van der Waals surface area contributed by atoms with Crippen LogP contribution in [0.4, 0.5) is 0 Å². The van der Waals surface area contributed by atoms with Gasteiger partial charge < -0.3 is 9.84 Å². The van der Waals surface area contributed by atoms with Gasteiger partial charge in [-0.05, 0) is 116 Å². The van der Waals surface area contributed by atoms with Gasteiger partial charge in [0.15, 0.2) is 0 Å². The maximum Gasteiger partial charge on any atom is 0.335 e. The van der Waals surface area contributed by atoms with Crippen molar-refractivity contribution in [3.05, 3.63) is 12.2 Å². The molecule has 3 heteroatoms. The first kappa shape index (κ1) is 27.2. The molecule has 35 heavy (non-hydrogen) atoms. The molecule has 0 bridgehead atoms. The van der Waals surface area contributed by atoms with Crippen LogP contribution in [-0.4, -0.2) is 24.3 Å². The topological polar surface area (TPSA) is 46.5 Å². The second kappa shape index (κ2) is 10.9. The third-order valence-corrected chi connectivity index (χ3v) is 11.9. The normalized spacial score (nSPS) is 41.6. The first-order chi connectivity index (χ1) is 16.6. The average Bonchev–Trinajstić information content (AvgIpc) is 3.18. The molecule has 0 aliphatic heterocycles. The number of rotatable bonds is 9. The van der Waals surface area contributed by atoms with Crippen LogP contribution in [0.15, 0.2) is 12.2 Å². The molecule has 1 N–H and O–H groups in total. The lowest BCUT2D eigenvalue weighted by Gasteiger charge is -2.61. The van der Waals surface area contributed by atoms with Gasteiger partial charge in [-0.15, -0.1) is 0 Å². The van der Waals surface area contributed by atoms with Crippen LogP contribution in [0.2, 0.25) is 0 Å². The zero-order valence-corrected chi connectivity index (χ0v) is 23.5. The standard InChI is InChI=1S/C32H54O3/c1-21(2)8-7-9-22(3)27-12-13-28-26-11-10-25-18-24(20-35-30(34)23(4)19-33)14-16-31(25,5)29(26)15-17-32(27,28)6/h21-22,24-29,33H,4,7-20H2,1-3,5-6H3/t22-,24+,25+,26+,27-,28+,29+,31+,32-/m1/s1. The van der Waals surface area contributed by atoms with Crippen molar-refractivity contribution in [1.29, 1.82) is 0 Å². The third-order valence-electron chi connectivity index (χ3n) is 11.9. The van der Waals surface area contributed by atoms with Crippen LogP contribution in [0.5, 0.6) is 0 Å². The molecule has 0 aromatic rings. The molecule has 0 heterocycles. The van der Waals surface area contributed by atoms with Gasteiger partial charge in [0.05, 0.1) is 18.8 Å². The summed E-state index contributed by atoms with van der Waals surface area (Å²) >= 11 is 0. The van der Waals surface area contributed by atoms with E-state index in [2.05, 4.69) is 41.2 Å². The van der Waals surface area contributed by atoms with Crippen molar-refractivity contribution in [2.24, 2.45) is 58.2 Å². The fourth-order valence-corrected chi connectivity index (χ4v) is 9.88. The van der Waals surface area contributed by atoms with E-state index in [1.165, 1.54) is 77.0 Å². The number of hydrogen-bond acceptors (Lipinski definition) is 3. The van der Waals surface area contributed by atoms with E-state index in [0.29, 0.717) is 23.4 Å². The van der Waals surface area contributed by atoms with E-state index in [0.717, 1.165) is 41.4 Å². The third kappa shape index (κ3) is 5.27. The van der Waals surface area contributed by atoms with E-state index in [1.807, 2.05) is 0 Å². The highest BCUT2D eigenvalue weighted by atomic mass is 16.5. The van der Waals surface area contributed by atoms with E-state index in [-0.39, 0.29) is 12.2 Å². The molecule has 0 amide bonds. The number of ether oxygens (including phenoxy) is 1. The fraction of sp³-hybridized carbons (Fsp3) is 0.906. The summed E-state index contributed by atoms with van der Waals surface area (Å²) in [5.74, 6) is 6.25. The van der Waals surface area contributed by atoms with Crippen molar-refractivity contribution < 1.29 is 14.6 Å². The molecule has 0 radical (unpaired) electrons. The molecule has 4 aliphatic carbocycles. The fourth-order valence-electron chi connectivity index (χ4n) is 9.88. The Bertz CT molecular complexity index is 758. The second-order valence-corrected chi connectivity index (χ2v) is 14.2. The first-order valence-electron chi connectivity index (χ1n) is 15.1. The molecule has 0 spiro atoms. The number of fused-ring (bicyclic) bond motifs is 5. The highest BCUT2D eigenvalue weighted by Crippen LogP contribution is 2.68. The maximum atomic E-state index is 12.0. The summed E-state index contributed by atoms with van der Waals surface area (Å²) < 4.78 is 5.50. The minimum absolute atomic E-state index is 0.167. The Hall–Kier alpha value is -0.830. The zero-order valence-electron chi connectivity index (χ0n) is 23.5. The van der Waals surface area contributed by atoms with Gasteiger partial charge in [-0.3, -0.25) is 0 Å². The Kier molecular flexibility index (Phi) is 8.46. The van der Waals surface area contributed by atoms with Crippen molar-refractivity contribution in [3.8, 4) is 0 Å². The highest BCUT2D eigenvalue weighted by molar-refractivity contribution is 5.87. The first-order valence-corrected chi connectivity index (χ1v) is 15.1. The van der Waals surface area contributed by atoms with Gasteiger partial charge >= 0.3 is 5.97 Å². The van der Waals surface area contributed by atoms with Crippen LogP contribution in [-0.2, 0) is 9.53 Å². The van der Waals surface area contributed by atoms with E-state index >= 15 is 0 Å². The molecule has 3 nitrogen and oxygen atoms in total. The van der Waals surface area contributed by atoms with Crippen LogP contribution in [0.1, 0.15) is 112 Å². The summed E-state index contributed by atoms with van der Waals surface area (Å²) in [4.78, 5) is 12.0. The molecule has 0 saturated heterocycles. The van der Waals surface area contributed by atoms with Crippen molar-refractivity contribution >= 4 is 5.97 Å². The van der Waals surface area contributed by atoms with E-state index in [4.69, 9.17) is 9.84 Å². The molecule has 4 aliphatic rings. The number of aliphatic hydroxyl groups is 1. The predicted molar refractivity (Wildman–Crippen MR) is 144 cm³/mol. The SMILES string of the molecule is C=C(CO)C(=O)OC[C@H]1CC[C@@]2(C)[C@@H](CC[C@@H]3[C@@H]2CC[C@]2(C)[C@@H]([C@H](C)CCCC(C)C)CC[C@@H]32)C1. The minimum atomic E-state index is -0.426. The number of esters is 1. The molecular formula is C32H54O3. The van der Waals surface area contributed by atoms with Crippen LogP contribution in [0.25, 0.3) is 0 Å². The second-order valence-electron chi connectivity index (χ2n) is 14.2. The molecule has 0 aromatic carbocycles. The lowest BCUT2D eigenvalue weighted by molar-refractivity contribution is -0.145. The zero-order chi connectivity index (χ0) is 25.4. The minimum Gasteiger partial charge on any atom is -0.462 e. The maximum absolute atomic E-state index is 12.0. The Balaban J connectivity index is 1.37. The molecule has 0 aromatic heterocycles. The summed E-state index contributed by atoms with van der Waals surface area (Å²) in [6, 6.07) is 0. The molecule has 4 saturated carbocycles. The smallest absolute Gasteiger partial charge is 0.335 e. The molecular weight excluding hydrogens is 432 g/mol. The predicted octanol–water partition coefficient (Wildman–Crippen LogP) is 7.82. The monoisotopic (exact) mass is 486 g/mol. The lowest BCUT2D eigenvalue weighted by atomic mass is 9.44. The van der Waals surface area contributed by atoms with Crippen molar-refractivity contribution in [3.63, 3.8) is 0 Å². The molecule has 0 unspecified atom stereocenters. The van der Waals surface area contributed by atoms with Crippen molar-refractivity contribution in [1.82, 2.24) is 0 Å². The van der Waals surface area contributed by atoms with Gasteiger partial charge in [-0.2, -0.15) is 0 Å². The average molecular weight is 487 g/mol. The highest BCUT2D eigenvalue weighted by Gasteiger charge is 2.60. The summed E-state index contributed by atoms with van der Waals surface area (Å²) in [6.45, 7) is 16.4. The van der Waals surface area contributed by atoms with E-state index < -0.39 is 5.97 Å². The van der Waals surface area contributed by atoms with Gasteiger partial charge in [0.2, 0.25) is 0 Å². The number of aliphatic hydroxyl groups excluding tert-OH is 1.